The van der Waals surface area contributed by atoms with Crippen molar-refractivity contribution >= 4 is 6.29 Å². The molecular weight excluding hydrogens is 203 g/mol. The lowest BCUT2D eigenvalue weighted by Crippen LogP contribution is -2.22. The Bertz CT molecular complexity index is 353. The predicted octanol–water partition coefficient (Wildman–Crippen LogP) is 0.0248. The molecule has 0 fully saturated rings. The number of halogens is 1. The lowest BCUT2D eigenvalue weighted by atomic mass is 10.0. The summed E-state index contributed by atoms with van der Waals surface area (Å²) in [6, 6.07) is 3.47. The summed E-state index contributed by atoms with van der Waals surface area (Å²) in [5, 5.41) is 27.1. The molecule has 0 aliphatic carbocycles. The fraction of sp³-hybridized carbons (Fsp3) is 0.300. The second-order valence-electron chi connectivity index (χ2n) is 3.09. The minimum absolute atomic E-state index is 0.111. The van der Waals surface area contributed by atoms with Crippen molar-refractivity contribution in [1.29, 1.82) is 0 Å². The monoisotopic (exact) mass is 214 g/mol. The van der Waals surface area contributed by atoms with Crippen LogP contribution in [-0.2, 0) is 0 Å². The second-order valence-corrected chi connectivity index (χ2v) is 3.09. The number of carbonyl (C=O) groups excluding carboxylic acids is 1. The third kappa shape index (κ3) is 2.59. The van der Waals surface area contributed by atoms with Gasteiger partial charge in [0.1, 0.15) is 18.0 Å². The molecule has 82 valence electrons. The molecule has 0 bridgehead atoms. The van der Waals surface area contributed by atoms with Gasteiger partial charge in [0, 0.05) is 0 Å². The first-order chi connectivity index (χ1) is 7.10. The number of hydrogen-bond acceptors (Lipinski definition) is 4. The molecule has 2 atom stereocenters. The standard InChI is InChI=1S/C10H11FO4/c11-8-3-6(1-2-7(8)4-12)10(15)9(14)5-13/h1-4,9-10,13-15H,5H2. The van der Waals surface area contributed by atoms with Crippen LogP contribution in [0.4, 0.5) is 4.39 Å². The van der Waals surface area contributed by atoms with E-state index in [1.54, 1.807) is 0 Å². The van der Waals surface area contributed by atoms with Crippen molar-refractivity contribution < 1.29 is 24.5 Å². The molecule has 15 heavy (non-hydrogen) atoms. The van der Waals surface area contributed by atoms with E-state index < -0.39 is 24.6 Å². The molecule has 0 aromatic heterocycles. The lowest BCUT2D eigenvalue weighted by Gasteiger charge is -2.15. The number of rotatable bonds is 4. The maximum Gasteiger partial charge on any atom is 0.152 e. The van der Waals surface area contributed by atoms with E-state index in [-0.39, 0.29) is 11.1 Å². The van der Waals surface area contributed by atoms with Crippen molar-refractivity contribution in [2.75, 3.05) is 6.61 Å². The van der Waals surface area contributed by atoms with Crippen LogP contribution in [0.3, 0.4) is 0 Å². The fourth-order valence-electron chi connectivity index (χ4n) is 1.14. The second kappa shape index (κ2) is 4.97. The van der Waals surface area contributed by atoms with E-state index in [2.05, 4.69) is 0 Å². The van der Waals surface area contributed by atoms with Crippen molar-refractivity contribution in [3.8, 4) is 0 Å². The highest BCUT2D eigenvalue weighted by Crippen LogP contribution is 2.19. The molecule has 4 nitrogen and oxygen atoms in total. The Kier molecular flexibility index (Phi) is 3.90. The van der Waals surface area contributed by atoms with Crippen LogP contribution in [-0.4, -0.2) is 34.3 Å². The van der Waals surface area contributed by atoms with E-state index in [4.69, 9.17) is 10.2 Å². The first-order valence-electron chi connectivity index (χ1n) is 4.31. The van der Waals surface area contributed by atoms with Crippen LogP contribution >= 0.6 is 0 Å². The number of benzene rings is 1. The largest absolute Gasteiger partial charge is 0.394 e. The summed E-state index contributed by atoms with van der Waals surface area (Å²) in [5.74, 6) is -0.772. The molecular formula is C10H11FO4. The molecule has 5 heteroatoms. The Morgan fingerprint density at radius 2 is 2.07 bits per heavy atom. The van der Waals surface area contributed by atoms with E-state index in [1.165, 1.54) is 12.1 Å². The third-order valence-corrected chi connectivity index (χ3v) is 2.04. The van der Waals surface area contributed by atoms with Gasteiger partial charge >= 0.3 is 0 Å². The van der Waals surface area contributed by atoms with Crippen LogP contribution < -0.4 is 0 Å². The van der Waals surface area contributed by atoms with Gasteiger partial charge in [0.15, 0.2) is 6.29 Å². The van der Waals surface area contributed by atoms with Gasteiger partial charge in [-0.05, 0) is 17.7 Å². The van der Waals surface area contributed by atoms with Gasteiger partial charge in [0.05, 0.1) is 12.2 Å². The van der Waals surface area contributed by atoms with E-state index in [9.17, 15) is 14.3 Å². The third-order valence-electron chi connectivity index (χ3n) is 2.04. The summed E-state index contributed by atoms with van der Waals surface area (Å²) in [4.78, 5) is 10.3. The molecule has 2 unspecified atom stereocenters. The summed E-state index contributed by atoms with van der Waals surface area (Å²) >= 11 is 0. The normalized spacial score (nSPS) is 14.7. The fourth-order valence-corrected chi connectivity index (χ4v) is 1.14. The molecule has 0 heterocycles. The van der Waals surface area contributed by atoms with Gasteiger partial charge in [-0.2, -0.15) is 0 Å². The van der Waals surface area contributed by atoms with Crippen LogP contribution in [0, 0.1) is 5.82 Å². The molecule has 0 spiro atoms. The SMILES string of the molecule is O=Cc1ccc(C(O)C(O)CO)cc1F. The zero-order valence-electron chi connectivity index (χ0n) is 7.80. The highest BCUT2D eigenvalue weighted by atomic mass is 19.1. The molecule has 3 N–H and O–H groups in total. The summed E-state index contributed by atoms with van der Waals surface area (Å²) in [6.07, 6.45) is -2.38. The Balaban J connectivity index is 2.96. The van der Waals surface area contributed by atoms with Crippen LogP contribution in [0.2, 0.25) is 0 Å². The Hall–Kier alpha value is -1.30. The van der Waals surface area contributed by atoms with Gasteiger partial charge in [-0.3, -0.25) is 4.79 Å². The van der Waals surface area contributed by atoms with Gasteiger partial charge in [-0.1, -0.05) is 6.07 Å². The van der Waals surface area contributed by atoms with Crippen molar-refractivity contribution in [2.45, 2.75) is 12.2 Å². The van der Waals surface area contributed by atoms with Gasteiger partial charge < -0.3 is 15.3 Å². The Morgan fingerprint density at radius 1 is 1.40 bits per heavy atom. The van der Waals surface area contributed by atoms with Crippen LogP contribution in [0.1, 0.15) is 22.0 Å². The topological polar surface area (TPSA) is 77.8 Å². The highest BCUT2D eigenvalue weighted by molar-refractivity contribution is 5.75. The van der Waals surface area contributed by atoms with Crippen molar-refractivity contribution in [3.63, 3.8) is 0 Å². The smallest absolute Gasteiger partial charge is 0.152 e. The van der Waals surface area contributed by atoms with Crippen LogP contribution in [0.5, 0.6) is 0 Å². The van der Waals surface area contributed by atoms with Crippen LogP contribution in [0.15, 0.2) is 18.2 Å². The molecule has 0 saturated heterocycles. The molecule has 0 aliphatic rings. The molecule has 0 radical (unpaired) electrons. The number of carbonyl (C=O) groups is 1. The van der Waals surface area contributed by atoms with Crippen molar-refractivity contribution in [3.05, 3.63) is 35.1 Å². The minimum Gasteiger partial charge on any atom is -0.394 e. The quantitative estimate of drug-likeness (QED) is 0.618. The van der Waals surface area contributed by atoms with Gasteiger partial charge in [0.2, 0.25) is 0 Å². The number of aliphatic hydroxyl groups excluding tert-OH is 3. The molecule has 0 aliphatic heterocycles. The average Bonchev–Trinajstić information content (AvgIpc) is 2.26. The molecule has 0 saturated carbocycles. The van der Waals surface area contributed by atoms with E-state index in [0.29, 0.717) is 6.29 Å². The van der Waals surface area contributed by atoms with E-state index in [0.717, 1.165) is 6.07 Å². The number of hydrogen-bond donors (Lipinski definition) is 3. The van der Waals surface area contributed by atoms with Gasteiger partial charge in [-0.15, -0.1) is 0 Å². The molecule has 1 aromatic carbocycles. The lowest BCUT2D eigenvalue weighted by molar-refractivity contribution is -0.0153. The molecule has 1 rings (SSSR count). The highest BCUT2D eigenvalue weighted by Gasteiger charge is 2.18. The van der Waals surface area contributed by atoms with Gasteiger partial charge in [0.25, 0.3) is 0 Å². The minimum atomic E-state index is -1.37. The average molecular weight is 214 g/mol. The zero-order chi connectivity index (χ0) is 11.4. The van der Waals surface area contributed by atoms with E-state index in [1.807, 2.05) is 0 Å². The number of aliphatic hydroxyl groups is 3. The summed E-state index contributed by atoms with van der Waals surface area (Å²) in [7, 11) is 0. The predicted molar refractivity (Wildman–Crippen MR) is 49.8 cm³/mol. The summed E-state index contributed by atoms with van der Waals surface area (Å²) in [5.41, 5.74) is -0.0101. The maximum atomic E-state index is 13.1. The first-order valence-corrected chi connectivity index (χ1v) is 4.31. The maximum absolute atomic E-state index is 13.1. The van der Waals surface area contributed by atoms with Crippen LogP contribution in [0.25, 0.3) is 0 Å². The summed E-state index contributed by atoms with van der Waals surface area (Å²) < 4.78 is 13.1. The Labute approximate surface area is 85.6 Å². The van der Waals surface area contributed by atoms with Crippen molar-refractivity contribution in [1.82, 2.24) is 0 Å². The Morgan fingerprint density at radius 3 is 2.53 bits per heavy atom. The van der Waals surface area contributed by atoms with Crippen molar-refractivity contribution in [2.24, 2.45) is 0 Å². The summed E-state index contributed by atoms with van der Waals surface area (Å²) in [6.45, 7) is -0.627. The first kappa shape index (κ1) is 11.8. The molecule has 0 amide bonds. The van der Waals surface area contributed by atoms with Gasteiger partial charge in [-0.25, -0.2) is 4.39 Å². The molecule has 1 aromatic rings. The zero-order valence-corrected chi connectivity index (χ0v) is 7.80. The number of aldehydes is 1. The van der Waals surface area contributed by atoms with E-state index >= 15 is 0 Å².